The van der Waals surface area contributed by atoms with Gasteiger partial charge in [0.2, 0.25) is 0 Å². The van der Waals surface area contributed by atoms with E-state index in [9.17, 15) is 14.7 Å². The summed E-state index contributed by atoms with van der Waals surface area (Å²) in [7, 11) is 1.42. The molecule has 0 bridgehead atoms. The van der Waals surface area contributed by atoms with E-state index >= 15 is 0 Å². The van der Waals surface area contributed by atoms with E-state index < -0.39 is 24.1 Å². The summed E-state index contributed by atoms with van der Waals surface area (Å²) in [6, 6.07) is 0. The maximum absolute atomic E-state index is 12.2. The van der Waals surface area contributed by atoms with Gasteiger partial charge in [0.15, 0.2) is 0 Å². The highest BCUT2D eigenvalue weighted by atomic mass is 16.5. The number of nitrogens with zero attached hydrogens (tertiary/aromatic N) is 2. The normalized spacial score (nSPS) is 26.4. The molecule has 0 aliphatic carbocycles. The fourth-order valence-electron chi connectivity index (χ4n) is 2.37. The molecule has 1 saturated heterocycles. The lowest BCUT2D eigenvalue weighted by atomic mass is 10.1. The van der Waals surface area contributed by atoms with Gasteiger partial charge in [0.25, 0.3) is 5.56 Å². The molecular weight excluding hydrogens is 264 g/mol. The Morgan fingerprint density at radius 1 is 1.45 bits per heavy atom. The molecule has 0 amide bonds. The lowest BCUT2D eigenvalue weighted by Gasteiger charge is -2.18. The summed E-state index contributed by atoms with van der Waals surface area (Å²) >= 11 is 0. The van der Waals surface area contributed by atoms with Crippen LogP contribution in [0.1, 0.15) is 38.0 Å². The average molecular weight is 284 g/mol. The third-order valence-electron chi connectivity index (χ3n) is 3.65. The van der Waals surface area contributed by atoms with Crippen LogP contribution in [0, 0.1) is 0 Å². The predicted octanol–water partition coefficient (Wildman–Crippen LogP) is -0.689. The molecule has 1 aromatic heterocycles. The molecule has 1 aliphatic heterocycles. The number of aromatic nitrogens is 2. The number of hydrogen-bond donors (Lipinski definition) is 2. The molecular formula is C13H20N2O5. The molecule has 0 saturated carbocycles. The van der Waals surface area contributed by atoms with Crippen molar-refractivity contribution in [1.82, 2.24) is 9.13 Å². The Hall–Kier alpha value is -1.44. The molecule has 3 atom stereocenters. The van der Waals surface area contributed by atoms with Crippen molar-refractivity contribution in [2.75, 3.05) is 6.61 Å². The highest BCUT2D eigenvalue weighted by Gasteiger charge is 2.35. The number of hydrogen-bond acceptors (Lipinski definition) is 5. The van der Waals surface area contributed by atoms with Gasteiger partial charge in [0.05, 0.1) is 12.7 Å². The van der Waals surface area contributed by atoms with Crippen LogP contribution in [0.4, 0.5) is 0 Å². The van der Waals surface area contributed by atoms with Crippen molar-refractivity contribution in [3.8, 4) is 0 Å². The molecule has 1 aliphatic rings. The summed E-state index contributed by atoms with van der Waals surface area (Å²) < 4.78 is 7.82. The summed E-state index contributed by atoms with van der Waals surface area (Å²) in [4.78, 5) is 24.2. The Balaban J connectivity index is 2.48. The molecule has 0 radical (unpaired) electrons. The maximum atomic E-state index is 12.2. The van der Waals surface area contributed by atoms with Crippen LogP contribution in [-0.4, -0.2) is 38.2 Å². The van der Waals surface area contributed by atoms with Gasteiger partial charge >= 0.3 is 5.69 Å². The van der Waals surface area contributed by atoms with Crippen molar-refractivity contribution in [2.24, 2.45) is 7.05 Å². The Morgan fingerprint density at radius 3 is 2.60 bits per heavy atom. The van der Waals surface area contributed by atoms with Crippen LogP contribution < -0.4 is 11.2 Å². The molecule has 7 heteroatoms. The largest absolute Gasteiger partial charge is 0.394 e. The van der Waals surface area contributed by atoms with E-state index in [1.54, 1.807) is 0 Å². The first-order valence-corrected chi connectivity index (χ1v) is 6.63. The first-order valence-electron chi connectivity index (χ1n) is 6.63. The van der Waals surface area contributed by atoms with Crippen LogP contribution in [0.2, 0.25) is 0 Å². The SMILES string of the molecule is CC(C)c1cn(C2CC(O)C(CO)O2)c(=O)n(C)c1=O. The summed E-state index contributed by atoms with van der Waals surface area (Å²) in [6.45, 7) is 3.42. The van der Waals surface area contributed by atoms with Gasteiger partial charge < -0.3 is 14.9 Å². The third kappa shape index (κ3) is 2.44. The van der Waals surface area contributed by atoms with Crippen LogP contribution >= 0.6 is 0 Å². The van der Waals surface area contributed by atoms with E-state index in [1.165, 1.54) is 17.8 Å². The molecule has 2 heterocycles. The highest BCUT2D eigenvalue weighted by Crippen LogP contribution is 2.27. The molecule has 0 spiro atoms. The average Bonchev–Trinajstić information content (AvgIpc) is 2.77. The minimum atomic E-state index is -0.823. The molecule has 3 unspecified atom stereocenters. The molecule has 7 nitrogen and oxygen atoms in total. The standard InChI is InChI=1S/C13H20N2O5/c1-7(2)8-5-15(13(19)14(3)12(8)18)11-4-9(17)10(6-16)20-11/h5,7,9-11,16-17H,4,6H2,1-3H3. The smallest absolute Gasteiger partial charge is 0.332 e. The fourth-order valence-corrected chi connectivity index (χ4v) is 2.37. The van der Waals surface area contributed by atoms with E-state index in [0.717, 1.165) is 4.57 Å². The monoisotopic (exact) mass is 284 g/mol. The minimum absolute atomic E-state index is 0.0273. The minimum Gasteiger partial charge on any atom is -0.394 e. The summed E-state index contributed by atoms with van der Waals surface area (Å²) in [5.74, 6) is -0.0273. The number of aliphatic hydroxyl groups excluding tert-OH is 2. The van der Waals surface area contributed by atoms with Gasteiger partial charge in [-0.25, -0.2) is 4.79 Å². The second kappa shape index (κ2) is 5.51. The van der Waals surface area contributed by atoms with E-state index in [-0.39, 0.29) is 24.5 Å². The molecule has 2 rings (SSSR count). The van der Waals surface area contributed by atoms with Gasteiger partial charge in [-0.2, -0.15) is 0 Å². The molecule has 1 aromatic rings. The van der Waals surface area contributed by atoms with Crippen LogP contribution in [0.3, 0.4) is 0 Å². The van der Waals surface area contributed by atoms with Crippen molar-refractivity contribution in [3.63, 3.8) is 0 Å². The Labute approximate surface area is 116 Å². The number of aliphatic hydroxyl groups is 2. The zero-order valence-electron chi connectivity index (χ0n) is 11.8. The predicted molar refractivity (Wildman–Crippen MR) is 71.7 cm³/mol. The van der Waals surface area contributed by atoms with E-state index in [4.69, 9.17) is 9.84 Å². The molecule has 20 heavy (non-hydrogen) atoms. The summed E-state index contributed by atoms with van der Waals surface area (Å²) in [6.07, 6.45) is -0.491. The van der Waals surface area contributed by atoms with Crippen LogP contribution in [0.5, 0.6) is 0 Å². The third-order valence-corrected chi connectivity index (χ3v) is 3.65. The summed E-state index contributed by atoms with van der Waals surface area (Å²) in [5.41, 5.74) is -0.300. The maximum Gasteiger partial charge on any atom is 0.332 e. The Bertz CT molecular complexity index is 604. The van der Waals surface area contributed by atoms with Gasteiger partial charge in [0.1, 0.15) is 12.3 Å². The first-order chi connectivity index (χ1) is 9.36. The van der Waals surface area contributed by atoms with Gasteiger partial charge in [-0.15, -0.1) is 0 Å². The zero-order valence-corrected chi connectivity index (χ0v) is 11.8. The van der Waals surface area contributed by atoms with Crippen LogP contribution in [0.15, 0.2) is 15.8 Å². The van der Waals surface area contributed by atoms with Crippen molar-refractivity contribution in [1.29, 1.82) is 0 Å². The first kappa shape index (κ1) is 15.0. The quantitative estimate of drug-likeness (QED) is 0.766. The molecule has 2 N–H and O–H groups in total. The van der Waals surface area contributed by atoms with E-state index in [2.05, 4.69) is 0 Å². The Morgan fingerprint density at radius 2 is 2.10 bits per heavy atom. The number of ether oxygens (including phenoxy) is 1. The number of rotatable bonds is 3. The van der Waals surface area contributed by atoms with Crippen molar-refractivity contribution in [2.45, 2.75) is 44.6 Å². The fraction of sp³-hybridized carbons (Fsp3) is 0.692. The lowest BCUT2D eigenvalue weighted by Crippen LogP contribution is -2.41. The topological polar surface area (TPSA) is 93.7 Å². The van der Waals surface area contributed by atoms with Crippen molar-refractivity contribution < 1.29 is 14.9 Å². The zero-order chi connectivity index (χ0) is 15.0. The van der Waals surface area contributed by atoms with Crippen molar-refractivity contribution >= 4 is 0 Å². The van der Waals surface area contributed by atoms with E-state index in [0.29, 0.717) is 5.56 Å². The lowest BCUT2D eigenvalue weighted by molar-refractivity contribution is -0.0463. The second-order valence-corrected chi connectivity index (χ2v) is 5.41. The van der Waals surface area contributed by atoms with Gasteiger partial charge in [-0.1, -0.05) is 13.8 Å². The molecule has 0 aromatic carbocycles. The van der Waals surface area contributed by atoms with E-state index in [1.807, 2.05) is 13.8 Å². The second-order valence-electron chi connectivity index (χ2n) is 5.41. The summed E-state index contributed by atoms with van der Waals surface area (Å²) in [5, 5.41) is 18.8. The molecule has 112 valence electrons. The molecule has 1 fully saturated rings. The van der Waals surface area contributed by atoms with Crippen molar-refractivity contribution in [3.05, 3.63) is 32.6 Å². The van der Waals surface area contributed by atoms with Crippen LogP contribution in [-0.2, 0) is 11.8 Å². The Kier molecular flexibility index (Phi) is 4.12. The van der Waals surface area contributed by atoms with Crippen LogP contribution in [0.25, 0.3) is 0 Å². The van der Waals surface area contributed by atoms with Gasteiger partial charge in [-0.3, -0.25) is 13.9 Å². The van der Waals surface area contributed by atoms with Gasteiger partial charge in [-0.05, 0) is 5.92 Å². The highest BCUT2D eigenvalue weighted by molar-refractivity contribution is 5.11. The van der Waals surface area contributed by atoms with Gasteiger partial charge in [0, 0.05) is 25.2 Å².